The summed E-state index contributed by atoms with van der Waals surface area (Å²) < 4.78 is 1.71. The van der Waals surface area contributed by atoms with E-state index in [1.54, 1.807) is 47.8 Å². The van der Waals surface area contributed by atoms with E-state index < -0.39 is 5.60 Å². The minimum absolute atomic E-state index is 0.210. The lowest BCUT2D eigenvalue weighted by Gasteiger charge is -2.28. The van der Waals surface area contributed by atoms with Gasteiger partial charge in [0, 0.05) is 31.7 Å². The fourth-order valence-electron chi connectivity index (χ4n) is 2.57. The Morgan fingerprint density at radius 2 is 2.00 bits per heavy atom. The van der Waals surface area contributed by atoms with E-state index in [1.165, 1.54) is 0 Å². The summed E-state index contributed by atoms with van der Waals surface area (Å²) in [6.07, 6.45) is 5.09. The van der Waals surface area contributed by atoms with Crippen molar-refractivity contribution in [2.45, 2.75) is 26.0 Å². The first-order chi connectivity index (χ1) is 11.4. The van der Waals surface area contributed by atoms with E-state index in [9.17, 15) is 9.90 Å². The zero-order valence-corrected chi connectivity index (χ0v) is 13.8. The standard InChI is InChI=1S/C18H20N4O2/c1-18(2,24)13-22(11-14-7-4-3-5-8-14)16(23)15-12-21-10-6-9-19-17(21)20-15/h3-10,12,24H,11,13H2,1-2H3. The molecule has 6 nitrogen and oxygen atoms in total. The number of aliphatic hydroxyl groups is 1. The molecule has 3 aromatic rings. The summed E-state index contributed by atoms with van der Waals surface area (Å²) in [5, 5.41) is 10.2. The molecule has 2 heterocycles. The molecule has 0 saturated carbocycles. The van der Waals surface area contributed by atoms with Gasteiger partial charge in [0.1, 0.15) is 5.69 Å². The first-order valence-corrected chi connectivity index (χ1v) is 7.78. The summed E-state index contributed by atoms with van der Waals surface area (Å²) in [5.74, 6) is 0.246. The van der Waals surface area contributed by atoms with Crippen LogP contribution in [0, 0.1) is 0 Å². The summed E-state index contributed by atoms with van der Waals surface area (Å²) in [4.78, 5) is 22.9. The predicted molar refractivity (Wildman–Crippen MR) is 90.5 cm³/mol. The number of imidazole rings is 1. The second kappa shape index (κ2) is 6.41. The third-order valence-electron chi connectivity index (χ3n) is 3.54. The van der Waals surface area contributed by atoms with Gasteiger partial charge in [0.2, 0.25) is 5.78 Å². The molecule has 0 aliphatic carbocycles. The fraction of sp³-hybridized carbons (Fsp3) is 0.278. The topological polar surface area (TPSA) is 70.7 Å². The van der Waals surface area contributed by atoms with Gasteiger partial charge in [-0.15, -0.1) is 0 Å². The van der Waals surface area contributed by atoms with Gasteiger partial charge in [-0.1, -0.05) is 30.3 Å². The molecule has 24 heavy (non-hydrogen) atoms. The van der Waals surface area contributed by atoms with Crippen LogP contribution in [-0.2, 0) is 6.54 Å². The van der Waals surface area contributed by atoms with Gasteiger partial charge in [0.05, 0.1) is 5.60 Å². The Hall–Kier alpha value is -2.73. The number of rotatable bonds is 5. The molecule has 6 heteroatoms. The van der Waals surface area contributed by atoms with Crippen molar-refractivity contribution in [1.82, 2.24) is 19.3 Å². The molecule has 0 atom stereocenters. The molecule has 0 aliphatic heterocycles. The van der Waals surface area contributed by atoms with Crippen molar-refractivity contribution in [1.29, 1.82) is 0 Å². The van der Waals surface area contributed by atoms with Gasteiger partial charge < -0.3 is 10.0 Å². The van der Waals surface area contributed by atoms with E-state index in [0.29, 0.717) is 18.0 Å². The SMILES string of the molecule is CC(C)(O)CN(Cc1ccccc1)C(=O)c1cn2cccnc2n1. The van der Waals surface area contributed by atoms with Crippen LogP contribution in [0.4, 0.5) is 0 Å². The lowest BCUT2D eigenvalue weighted by Crippen LogP contribution is -2.42. The Labute approximate surface area is 140 Å². The number of aromatic nitrogens is 3. The Morgan fingerprint density at radius 1 is 1.25 bits per heavy atom. The molecular weight excluding hydrogens is 304 g/mol. The Kier molecular flexibility index (Phi) is 4.31. The predicted octanol–water partition coefficient (Wildman–Crippen LogP) is 2.14. The summed E-state index contributed by atoms with van der Waals surface area (Å²) >= 11 is 0. The van der Waals surface area contributed by atoms with E-state index in [1.807, 2.05) is 30.3 Å². The average molecular weight is 324 g/mol. The lowest BCUT2D eigenvalue weighted by molar-refractivity contribution is 0.0277. The van der Waals surface area contributed by atoms with Crippen molar-refractivity contribution in [2.24, 2.45) is 0 Å². The summed E-state index contributed by atoms with van der Waals surface area (Å²) in [7, 11) is 0. The van der Waals surface area contributed by atoms with Crippen molar-refractivity contribution in [3.8, 4) is 0 Å². The molecule has 124 valence electrons. The monoisotopic (exact) mass is 324 g/mol. The van der Waals surface area contributed by atoms with E-state index in [2.05, 4.69) is 9.97 Å². The Balaban J connectivity index is 1.89. The third-order valence-corrected chi connectivity index (χ3v) is 3.54. The van der Waals surface area contributed by atoms with Crippen LogP contribution in [0.1, 0.15) is 29.9 Å². The maximum absolute atomic E-state index is 12.9. The van der Waals surface area contributed by atoms with Gasteiger partial charge in [0.15, 0.2) is 0 Å². The zero-order valence-electron chi connectivity index (χ0n) is 13.8. The molecule has 1 N–H and O–H groups in total. The van der Waals surface area contributed by atoms with Crippen molar-refractivity contribution >= 4 is 11.7 Å². The highest BCUT2D eigenvalue weighted by molar-refractivity contribution is 5.92. The molecule has 0 radical (unpaired) electrons. The molecule has 2 aromatic heterocycles. The number of amides is 1. The van der Waals surface area contributed by atoms with E-state index in [0.717, 1.165) is 5.56 Å². The maximum atomic E-state index is 12.9. The number of carbonyl (C=O) groups excluding carboxylic acids is 1. The quantitative estimate of drug-likeness (QED) is 0.780. The maximum Gasteiger partial charge on any atom is 0.274 e. The van der Waals surface area contributed by atoms with Gasteiger partial charge >= 0.3 is 0 Å². The molecule has 0 fully saturated rings. The van der Waals surface area contributed by atoms with Gasteiger partial charge in [-0.05, 0) is 25.5 Å². The molecule has 0 saturated heterocycles. The number of carbonyl (C=O) groups is 1. The molecule has 0 unspecified atom stereocenters. The van der Waals surface area contributed by atoms with Crippen LogP contribution in [0.3, 0.4) is 0 Å². The van der Waals surface area contributed by atoms with Crippen molar-refractivity contribution in [3.63, 3.8) is 0 Å². The second-order valence-electron chi connectivity index (χ2n) is 6.41. The smallest absolute Gasteiger partial charge is 0.274 e. The van der Waals surface area contributed by atoms with Crippen LogP contribution >= 0.6 is 0 Å². The average Bonchev–Trinajstić information content (AvgIpc) is 2.97. The Bertz CT molecular complexity index is 804. The van der Waals surface area contributed by atoms with Gasteiger partial charge in [0.25, 0.3) is 5.91 Å². The van der Waals surface area contributed by atoms with E-state index in [4.69, 9.17) is 0 Å². The van der Waals surface area contributed by atoms with Crippen molar-refractivity contribution in [3.05, 3.63) is 66.2 Å². The van der Waals surface area contributed by atoms with Crippen LogP contribution in [-0.4, -0.2) is 42.4 Å². The molecule has 0 bridgehead atoms. The third kappa shape index (κ3) is 3.78. The lowest BCUT2D eigenvalue weighted by atomic mass is 10.1. The summed E-state index contributed by atoms with van der Waals surface area (Å²) in [6, 6.07) is 11.5. The number of fused-ring (bicyclic) bond motifs is 1. The number of benzene rings is 1. The minimum Gasteiger partial charge on any atom is -0.389 e. The highest BCUT2D eigenvalue weighted by Gasteiger charge is 2.25. The largest absolute Gasteiger partial charge is 0.389 e. The molecule has 0 spiro atoms. The zero-order chi connectivity index (χ0) is 17.2. The minimum atomic E-state index is -0.998. The van der Waals surface area contributed by atoms with E-state index in [-0.39, 0.29) is 12.5 Å². The van der Waals surface area contributed by atoms with Crippen LogP contribution in [0.25, 0.3) is 5.78 Å². The summed E-state index contributed by atoms with van der Waals surface area (Å²) in [6.45, 7) is 3.99. The fourth-order valence-corrected chi connectivity index (χ4v) is 2.57. The van der Waals surface area contributed by atoms with Crippen LogP contribution in [0.5, 0.6) is 0 Å². The second-order valence-corrected chi connectivity index (χ2v) is 6.41. The molecule has 1 aromatic carbocycles. The van der Waals surface area contributed by atoms with E-state index >= 15 is 0 Å². The first kappa shape index (κ1) is 16.1. The van der Waals surface area contributed by atoms with Crippen LogP contribution in [0.2, 0.25) is 0 Å². The van der Waals surface area contributed by atoms with Gasteiger partial charge in [-0.2, -0.15) is 0 Å². The summed E-state index contributed by atoms with van der Waals surface area (Å²) in [5.41, 5.74) is 0.313. The molecule has 3 rings (SSSR count). The number of hydrogen-bond acceptors (Lipinski definition) is 4. The molecule has 0 aliphatic rings. The first-order valence-electron chi connectivity index (χ1n) is 7.78. The van der Waals surface area contributed by atoms with Crippen LogP contribution in [0.15, 0.2) is 55.0 Å². The number of nitrogens with zero attached hydrogens (tertiary/aromatic N) is 4. The van der Waals surface area contributed by atoms with Crippen LogP contribution < -0.4 is 0 Å². The van der Waals surface area contributed by atoms with Crippen molar-refractivity contribution < 1.29 is 9.90 Å². The van der Waals surface area contributed by atoms with Gasteiger partial charge in [-0.3, -0.25) is 9.20 Å². The normalized spacial score (nSPS) is 11.6. The Morgan fingerprint density at radius 3 is 2.67 bits per heavy atom. The van der Waals surface area contributed by atoms with Gasteiger partial charge in [-0.25, -0.2) is 9.97 Å². The highest BCUT2D eigenvalue weighted by Crippen LogP contribution is 2.14. The van der Waals surface area contributed by atoms with Crippen molar-refractivity contribution in [2.75, 3.05) is 6.54 Å². The molecular formula is C18H20N4O2. The highest BCUT2D eigenvalue weighted by atomic mass is 16.3. The molecule has 1 amide bonds. The number of hydrogen-bond donors (Lipinski definition) is 1.